The van der Waals surface area contributed by atoms with E-state index in [4.69, 9.17) is 15.0 Å². The van der Waals surface area contributed by atoms with Crippen molar-refractivity contribution in [3.63, 3.8) is 0 Å². The van der Waals surface area contributed by atoms with Gasteiger partial charge in [0.2, 0.25) is 0 Å². The van der Waals surface area contributed by atoms with Crippen LogP contribution in [0.5, 0.6) is 0 Å². The molecule has 6 aromatic carbocycles. The zero-order chi connectivity index (χ0) is 71.8. The fraction of sp³-hybridized carbons (Fsp3) is 0.276. The van der Waals surface area contributed by atoms with Gasteiger partial charge in [0.1, 0.15) is 52.4 Å². The first-order valence-electron chi connectivity index (χ1n) is 36.6. The van der Waals surface area contributed by atoms with Gasteiger partial charge < -0.3 is 15.0 Å². The Kier molecular flexibility index (Phi) is 19.3. The van der Waals surface area contributed by atoms with Crippen molar-refractivity contribution in [2.24, 2.45) is 17.8 Å². The van der Waals surface area contributed by atoms with E-state index in [1.165, 1.54) is 41.0 Å². The maximum atomic E-state index is 14.8. The van der Waals surface area contributed by atoms with Gasteiger partial charge in [-0.25, -0.2) is 41.3 Å². The minimum atomic E-state index is -0.283. The number of nitrogens with zero attached hydrogens (tertiary/aromatic N) is 9. The van der Waals surface area contributed by atoms with E-state index in [2.05, 4.69) is 65.6 Å². The molecule has 0 bridgehead atoms. The maximum absolute atomic E-state index is 14.8. The third kappa shape index (κ3) is 14.3. The van der Waals surface area contributed by atoms with E-state index in [0.29, 0.717) is 52.2 Å². The smallest absolute Gasteiger partial charge is 0.133 e. The second kappa shape index (κ2) is 29.6. The number of H-pyrrole nitrogens is 3. The number of fused-ring (bicyclic) bond motifs is 6. The zero-order valence-corrected chi connectivity index (χ0v) is 58.5. The van der Waals surface area contributed by atoms with Crippen LogP contribution in [-0.4, -0.2) is 59.8 Å². The minimum absolute atomic E-state index is 0.220. The summed E-state index contributed by atoms with van der Waals surface area (Å²) in [7, 11) is 0. The summed E-state index contributed by atoms with van der Waals surface area (Å²) in [6.07, 6.45) is 28.2. The summed E-state index contributed by atoms with van der Waals surface area (Å²) in [4.78, 5) is 50.0. The van der Waals surface area contributed by atoms with E-state index in [1.807, 2.05) is 55.0 Å². The SMILES string of the molecule is C[C@@H](c1nc2cc(-c3cccnc3)c(F)cc2[nH]1)C1CCC(c2ccnc3ccc(F)cc23)CC1.C[C@@H](c1nc2cc(-c3ccncc3)c(F)cc2[nH]1)C1CCC(c2ccnc3ccc(F)cc23)CC1.C[C@H](c1nc2cc(-c3ccncc3)c(F)cc2[nH]1)C1CCC(c2ccnc3ccc(F)cc23)CC1. The van der Waals surface area contributed by atoms with Gasteiger partial charge in [0.15, 0.2) is 0 Å². The molecule has 0 aliphatic heterocycles. The molecule has 0 spiro atoms. The number of rotatable bonds is 12. The third-order valence-electron chi connectivity index (χ3n) is 23.0. The molecular weight excluding hydrogens is 1330 g/mol. The van der Waals surface area contributed by atoms with Crippen LogP contribution in [0.4, 0.5) is 26.3 Å². The van der Waals surface area contributed by atoms with Crippen molar-refractivity contribution >= 4 is 65.8 Å². The Hall–Kier alpha value is -11.0. The lowest BCUT2D eigenvalue weighted by Crippen LogP contribution is -2.19. The van der Waals surface area contributed by atoms with E-state index < -0.39 is 0 Å². The monoisotopic (exact) mass is 1400 g/mol. The fourth-order valence-electron chi connectivity index (χ4n) is 17.0. The van der Waals surface area contributed by atoms with Crippen molar-refractivity contribution in [1.82, 2.24) is 59.8 Å². The first-order valence-corrected chi connectivity index (χ1v) is 36.6. The van der Waals surface area contributed by atoms with Gasteiger partial charge in [0.25, 0.3) is 0 Å². The molecule has 0 unspecified atom stereocenters. The van der Waals surface area contributed by atoms with Crippen LogP contribution in [0, 0.1) is 52.7 Å². The average molecular weight is 1410 g/mol. The van der Waals surface area contributed by atoms with Gasteiger partial charge in [-0.3, -0.25) is 29.9 Å². The van der Waals surface area contributed by atoms with E-state index in [0.717, 1.165) is 177 Å². The number of imidazole rings is 3. The van der Waals surface area contributed by atoms with Crippen LogP contribution < -0.4 is 0 Å². The first kappa shape index (κ1) is 68.4. The molecule has 3 saturated carbocycles. The highest BCUT2D eigenvalue weighted by Crippen LogP contribution is 2.47. The Balaban J connectivity index is 0.000000121. The largest absolute Gasteiger partial charge is 0.342 e. The number of nitrogens with one attached hydrogen (secondary N) is 3. The lowest BCUT2D eigenvalue weighted by Gasteiger charge is -2.32. The lowest BCUT2D eigenvalue weighted by molar-refractivity contribution is 0.286. The molecule has 3 fully saturated rings. The normalized spacial score (nSPS) is 19.3. The van der Waals surface area contributed by atoms with Gasteiger partial charge in [-0.15, -0.1) is 0 Å². The lowest BCUT2D eigenvalue weighted by atomic mass is 9.73. The van der Waals surface area contributed by atoms with Crippen LogP contribution in [0.15, 0.2) is 201 Å². The topological polar surface area (TPSA) is 163 Å². The van der Waals surface area contributed by atoms with Crippen molar-refractivity contribution in [3.8, 4) is 33.4 Å². The van der Waals surface area contributed by atoms with E-state index >= 15 is 0 Å². The molecular formula is C87H78F6N12. The second-order valence-electron chi connectivity index (χ2n) is 29.0. The fourth-order valence-corrected chi connectivity index (χ4v) is 17.0. The molecule has 3 N–H and O–H groups in total. The summed E-state index contributed by atoms with van der Waals surface area (Å²) in [5.41, 5.74) is 14.5. The number of benzene rings is 6. The molecule has 0 saturated heterocycles. The predicted molar refractivity (Wildman–Crippen MR) is 402 cm³/mol. The van der Waals surface area contributed by atoms with Crippen molar-refractivity contribution in [1.29, 1.82) is 0 Å². The summed E-state index contributed by atoms with van der Waals surface area (Å²) in [5.74, 6) is 4.61. The maximum Gasteiger partial charge on any atom is 0.133 e. The van der Waals surface area contributed by atoms with Gasteiger partial charge in [-0.05, 0) is 262 Å². The van der Waals surface area contributed by atoms with Crippen molar-refractivity contribution in [3.05, 3.63) is 270 Å². The number of hydrogen-bond acceptors (Lipinski definition) is 9. The van der Waals surface area contributed by atoms with E-state index in [9.17, 15) is 26.3 Å². The van der Waals surface area contributed by atoms with Gasteiger partial charge in [0, 0.05) is 130 Å². The standard InChI is InChI=1S/3C29H26F2N4/c2*1-17(29-34-27-15-23(20-8-11-32-12-9-20)25(31)16-28(27)35-29)18-2-4-19(5-3-18)22-10-13-33-26-7-6-21(30)14-24(22)26;1-17(29-34-27-14-23(20-3-2-11-32-16-20)25(31)15-28(27)35-29)18-4-6-19(7-5-18)22-10-12-33-26-9-8-21(30)13-24(22)26/h2*6-19H,2-5H2,1H3,(H,34,35);2-3,8-19H,4-7H2,1H3,(H,34,35)/t3*17-,18?,19?/m101/s1. The quantitative estimate of drug-likeness (QED) is 0.101. The van der Waals surface area contributed by atoms with E-state index in [1.54, 1.807) is 122 Å². The van der Waals surface area contributed by atoms with Crippen molar-refractivity contribution in [2.75, 3.05) is 0 Å². The predicted octanol–water partition coefficient (Wildman–Crippen LogP) is 22.6. The number of halogens is 6. The average Bonchev–Trinajstić information content (AvgIpc) is 1.43. The Morgan fingerprint density at radius 2 is 0.638 bits per heavy atom. The molecule has 528 valence electrons. The number of aromatic nitrogens is 12. The van der Waals surface area contributed by atoms with Crippen molar-refractivity contribution < 1.29 is 26.3 Å². The summed E-state index contributed by atoms with van der Waals surface area (Å²) >= 11 is 0. The Morgan fingerprint density at radius 1 is 0.314 bits per heavy atom. The molecule has 105 heavy (non-hydrogen) atoms. The van der Waals surface area contributed by atoms with Crippen molar-refractivity contribution in [2.45, 2.75) is 133 Å². The van der Waals surface area contributed by atoms with Crippen LogP contribution in [0.1, 0.15) is 167 Å². The molecule has 3 aliphatic rings. The van der Waals surface area contributed by atoms with E-state index in [-0.39, 0.29) is 52.7 Å². The van der Waals surface area contributed by atoms with Gasteiger partial charge in [-0.2, -0.15) is 0 Å². The van der Waals surface area contributed by atoms with Crippen LogP contribution in [0.2, 0.25) is 0 Å². The second-order valence-corrected chi connectivity index (χ2v) is 29.0. The highest BCUT2D eigenvalue weighted by molar-refractivity contribution is 5.87. The molecule has 0 radical (unpaired) electrons. The first-order chi connectivity index (χ1) is 51.2. The number of aromatic amines is 3. The summed E-state index contributed by atoms with van der Waals surface area (Å²) in [5, 5.41) is 2.77. The highest BCUT2D eigenvalue weighted by atomic mass is 19.1. The third-order valence-corrected chi connectivity index (χ3v) is 23.0. The molecule has 18 heteroatoms. The van der Waals surface area contributed by atoms with Gasteiger partial charge >= 0.3 is 0 Å². The Labute approximate surface area is 603 Å². The van der Waals surface area contributed by atoms with Crippen LogP contribution >= 0.6 is 0 Å². The molecule has 15 aromatic rings. The Morgan fingerprint density at radius 3 is 0.952 bits per heavy atom. The number of pyridine rings is 6. The summed E-state index contributed by atoms with van der Waals surface area (Å²) < 4.78 is 86.2. The summed E-state index contributed by atoms with van der Waals surface area (Å²) in [6.45, 7) is 6.62. The molecule has 9 heterocycles. The van der Waals surface area contributed by atoms with Gasteiger partial charge in [-0.1, -0.05) is 26.8 Å². The molecule has 3 atom stereocenters. The van der Waals surface area contributed by atoms with Crippen LogP contribution in [0.3, 0.4) is 0 Å². The molecule has 3 aliphatic carbocycles. The Bertz CT molecular complexity index is 5060. The highest BCUT2D eigenvalue weighted by Gasteiger charge is 2.33. The molecule has 0 amide bonds. The zero-order valence-electron chi connectivity index (χ0n) is 58.5. The van der Waals surface area contributed by atoms with Gasteiger partial charge in [0.05, 0.1) is 49.7 Å². The molecule has 12 nitrogen and oxygen atoms in total. The number of hydrogen-bond donors (Lipinski definition) is 3. The van der Waals surface area contributed by atoms with Crippen LogP contribution in [-0.2, 0) is 0 Å². The van der Waals surface area contributed by atoms with Crippen LogP contribution in [0.25, 0.3) is 99.2 Å². The molecule has 9 aromatic heterocycles. The summed E-state index contributed by atoms with van der Waals surface area (Å²) in [6, 6.07) is 41.6. The minimum Gasteiger partial charge on any atom is -0.342 e. The molecule has 18 rings (SSSR count).